The highest BCUT2D eigenvalue weighted by Crippen LogP contribution is 2.20. The van der Waals surface area contributed by atoms with Crippen molar-refractivity contribution in [3.05, 3.63) is 0 Å². The first-order valence-electron chi connectivity index (χ1n) is 2.21. The standard InChI is InChI=1S/C4H11NS2/c1-4(6,7)2-3-5/h6-7H,2-3,5H2,1H3. The number of hydrogen-bond acceptors (Lipinski definition) is 3. The lowest BCUT2D eigenvalue weighted by atomic mass is 10.3. The van der Waals surface area contributed by atoms with Crippen molar-refractivity contribution in [2.75, 3.05) is 6.54 Å². The van der Waals surface area contributed by atoms with E-state index < -0.39 is 0 Å². The van der Waals surface area contributed by atoms with Gasteiger partial charge in [-0.15, -0.1) is 0 Å². The molecule has 0 saturated heterocycles. The zero-order valence-corrected chi connectivity index (χ0v) is 6.17. The van der Waals surface area contributed by atoms with Crippen molar-refractivity contribution in [1.82, 2.24) is 0 Å². The highest BCUT2D eigenvalue weighted by Gasteiger charge is 2.08. The summed E-state index contributed by atoms with van der Waals surface area (Å²) in [6.07, 6.45) is 0.846. The summed E-state index contributed by atoms with van der Waals surface area (Å²) in [6, 6.07) is 0. The molecule has 0 aromatic rings. The van der Waals surface area contributed by atoms with Gasteiger partial charge in [-0.25, -0.2) is 0 Å². The number of nitrogens with two attached hydrogens (primary N) is 1. The van der Waals surface area contributed by atoms with Gasteiger partial charge in [-0.1, -0.05) is 0 Å². The molecule has 0 heterocycles. The monoisotopic (exact) mass is 137 g/mol. The summed E-state index contributed by atoms with van der Waals surface area (Å²) in [5.74, 6) is 0. The van der Waals surface area contributed by atoms with Gasteiger partial charge >= 0.3 is 0 Å². The predicted octanol–water partition coefficient (Wildman–Crippen LogP) is 0.911. The maximum Gasteiger partial charge on any atom is 0.0535 e. The molecule has 7 heavy (non-hydrogen) atoms. The fourth-order valence-electron chi connectivity index (χ4n) is 0.273. The van der Waals surface area contributed by atoms with E-state index in [0.717, 1.165) is 6.42 Å². The Bertz CT molecular complexity index is 48.1. The molecule has 0 rings (SSSR count). The van der Waals surface area contributed by atoms with Crippen LogP contribution in [-0.2, 0) is 0 Å². The van der Waals surface area contributed by atoms with Crippen LogP contribution in [0.1, 0.15) is 13.3 Å². The van der Waals surface area contributed by atoms with Crippen molar-refractivity contribution < 1.29 is 0 Å². The zero-order chi connectivity index (χ0) is 5.91. The Morgan fingerprint density at radius 2 is 2.00 bits per heavy atom. The fourth-order valence-corrected chi connectivity index (χ4v) is 0.532. The van der Waals surface area contributed by atoms with Crippen molar-refractivity contribution in [3.8, 4) is 0 Å². The normalized spacial score (nSPS) is 12.0. The van der Waals surface area contributed by atoms with E-state index in [-0.39, 0.29) is 4.08 Å². The molecule has 44 valence electrons. The first kappa shape index (κ1) is 7.66. The molecule has 0 aliphatic carbocycles. The second-order valence-electron chi connectivity index (χ2n) is 1.76. The molecular formula is C4H11NS2. The van der Waals surface area contributed by atoms with Crippen LogP contribution in [0, 0.1) is 0 Å². The molecule has 0 aromatic heterocycles. The highest BCUT2D eigenvalue weighted by molar-refractivity contribution is 8.00. The topological polar surface area (TPSA) is 26.0 Å². The summed E-state index contributed by atoms with van der Waals surface area (Å²) in [5, 5.41) is 0. The van der Waals surface area contributed by atoms with E-state index >= 15 is 0 Å². The van der Waals surface area contributed by atoms with Gasteiger partial charge in [0.2, 0.25) is 0 Å². The Morgan fingerprint density at radius 3 is 2.00 bits per heavy atom. The molecule has 0 aliphatic rings. The van der Waals surface area contributed by atoms with Crippen LogP contribution in [0.4, 0.5) is 0 Å². The van der Waals surface area contributed by atoms with E-state index in [1.165, 1.54) is 0 Å². The van der Waals surface area contributed by atoms with Crippen LogP contribution in [0.2, 0.25) is 0 Å². The quantitative estimate of drug-likeness (QED) is 0.383. The Kier molecular flexibility index (Phi) is 3.11. The minimum atomic E-state index is -0.186. The lowest BCUT2D eigenvalue weighted by Crippen LogP contribution is -2.13. The minimum absolute atomic E-state index is 0.186. The number of hydrogen-bond donors (Lipinski definition) is 3. The van der Waals surface area contributed by atoms with Gasteiger partial charge in [-0.3, -0.25) is 0 Å². The Morgan fingerprint density at radius 1 is 1.57 bits per heavy atom. The second-order valence-corrected chi connectivity index (χ2v) is 4.08. The minimum Gasteiger partial charge on any atom is -0.330 e. The van der Waals surface area contributed by atoms with Gasteiger partial charge in [0, 0.05) is 0 Å². The average Bonchev–Trinajstić information content (AvgIpc) is 1.30. The zero-order valence-electron chi connectivity index (χ0n) is 4.39. The molecule has 0 aromatic carbocycles. The Hall–Kier alpha value is 0.660. The molecule has 0 saturated carbocycles. The maximum absolute atomic E-state index is 5.22. The highest BCUT2D eigenvalue weighted by atomic mass is 32.2. The number of thiol groups is 2. The van der Waals surface area contributed by atoms with Crippen LogP contribution in [0.25, 0.3) is 0 Å². The van der Waals surface area contributed by atoms with Crippen LogP contribution in [-0.4, -0.2) is 10.6 Å². The molecule has 0 spiro atoms. The molecular weight excluding hydrogens is 126 g/mol. The summed E-state index contributed by atoms with van der Waals surface area (Å²) < 4.78 is -0.186. The van der Waals surface area contributed by atoms with Crippen molar-refractivity contribution in [2.45, 2.75) is 17.4 Å². The van der Waals surface area contributed by atoms with E-state index in [1.807, 2.05) is 6.92 Å². The average molecular weight is 137 g/mol. The largest absolute Gasteiger partial charge is 0.330 e. The van der Waals surface area contributed by atoms with Gasteiger partial charge in [0.1, 0.15) is 0 Å². The predicted molar refractivity (Wildman–Crippen MR) is 40.0 cm³/mol. The third kappa shape index (κ3) is 6.66. The molecule has 3 heteroatoms. The fraction of sp³-hybridized carbons (Fsp3) is 1.00. The van der Waals surface area contributed by atoms with Gasteiger partial charge in [0.05, 0.1) is 4.08 Å². The molecule has 0 atom stereocenters. The molecule has 0 bridgehead atoms. The summed E-state index contributed by atoms with van der Waals surface area (Å²) in [4.78, 5) is 0. The van der Waals surface area contributed by atoms with Crippen molar-refractivity contribution in [3.63, 3.8) is 0 Å². The Balaban J connectivity index is 3.15. The molecule has 1 nitrogen and oxygen atoms in total. The maximum atomic E-state index is 5.22. The number of rotatable bonds is 2. The summed E-state index contributed by atoms with van der Waals surface area (Å²) >= 11 is 8.24. The van der Waals surface area contributed by atoms with Crippen molar-refractivity contribution in [1.29, 1.82) is 0 Å². The van der Waals surface area contributed by atoms with Crippen LogP contribution in [0.3, 0.4) is 0 Å². The molecule has 0 unspecified atom stereocenters. The summed E-state index contributed by atoms with van der Waals surface area (Å²) in [5.41, 5.74) is 5.22. The van der Waals surface area contributed by atoms with Crippen LogP contribution in [0.15, 0.2) is 0 Å². The second kappa shape index (κ2) is 2.84. The van der Waals surface area contributed by atoms with E-state index in [1.54, 1.807) is 0 Å². The third-order valence-electron chi connectivity index (χ3n) is 0.618. The third-order valence-corrected chi connectivity index (χ3v) is 1.07. The van der Waals surface area contributed by atoms with Gasteiger partial charge in [-0.2, -0.15) is 25.3 Å². The first-order chi connectivity index (χ1) is 3.06. The van der Waals surface area contributed by atoms with E-state index in [2.05, 4.69) is 25.3 Å². The van der Waals surface area contributed by atoms with Gasteiger partial charge in [0.15, 0.2) is 0 Å². The first-order valence-corrected chi connectivity index (χ1v) is 3.10. The summed E-state index contributed by atoms with van der Waals surface area (Å²) in [6.45, 7) is 2.58. The SMILES string of the molecule is CC(S)(S)CCN. The Labute approximate surface area is 55.5 Å². The summed E-state index contributed by atoms with van der Waals surface area (Å²) in [7, 11) is 0. The van der Waals surface area contributed by atoms with E-state index in [4.69, 9.17) is 5.73 Å². The van der Waals surface area contributed by atoms with Crippen LogP contribution in [0.5, 0.6) is 0 Å². The lowest BCUT2D eigenvalue weighted by molar-refractivity contribution is 0.789. The molecule has 0 radical (unpaired) electrons. The van der Waals surface area contributed by atoms with E-state index in [9.17, 15) is 0 Å². The van der Waals surface area contributed by atoms with Crippen molar-refractivity contribution in [2.24, 2.45) is 5.73 Å². The van der Waals surface area contributed by atoms with Crippen LogP contribution < -0.4 is 5.73 Å². The smallest absolute Gasteiger partial charge is 0.0535 e. The van der Waals surface area contributed by atoms with Gasteiger partial charge < -0.3 is 5.73 Å². The lowest BCUT2D eigenvalue weighted by Gasteiger charge is -2.12. The van der Waals surface area contributed by atoms with Gasteiger partial charge in [-0.05, 0) is 19.9 Å². The molecule has 0 aliphatic heterocycles. The molecule has 0 fully saturated rings. The van der Waals surface area contributed by atoms with Gasteiger partial charge in [0.25, 0.3) is 0 Å². The van der Waals surface area contributed by atoms with E-state index in [0.29, 0.717) is 6.54 Å². The molecule has 0 amide bonds. The van der Waals surface area contributed by atoms with Crippen LogP contribution >= 0.6 is 25.3 Å². The molecule has 2 N–H and O–H groups in total. The van der Waals surface area contributed by atoms with Crippen molar-refractivity contribution >= 4 is 25.3 Å².